The highest BCUT2D eigenvalue weighted by Crippen LogP contribution is 2.43. The molecule has 1 aromatic rings. The first-order valence-electron chi connectivity index (χ1n) is 3.62. The van der Waals surface area contributed by atoms with E-state index in [2.05, 4.69) is 4.98 Å². The summed E-state index contributed by atoms with van der Waals surface area (Å²) in [4.78, 5) is 4.16. The number of nitrogens with two attached hydrogens (primary N) is 1. The number of hydrogen-bond acceptors (Lipinski definition) is 2. The first kappa shape index (κ1) is 7.07. The van der Waals surface area contributed by atoms with Crippen LogP contribution in [0.2, 0.25) is 5.02 Å². The molecular weight excluding hydrogens is 160 g/mol. The van der Waals surface area contributed by atoms with Gasteiger partial charge in [-0.05, 0) is 25.0 Å². The second-order valence-electron chi connectivity index (χ2n) is 2.99. The normalized spacial score (nSPS) is 19.8. The summed E-state index contributed by atoms with van der Waals surface area (Å²) in [7, 11) is 0. The fourth-order valence-corrected chi connectivity index (χ4v) is 1.43. The summed E-state index contributed by atoms with van der Waals surface area (Å²) in [6.07, 6.45) is 3.74. The molecule has 58 valence electrons. The molecule has 0 aromatic carbocycles. The largest absolute Gasteiger partial charge is 0.320 e. The van der Waals surface area contributed by atoms with Crippen molar-refractivity contribution in [3.05, 3.63) is 29.0 Å². The number of rotatable bonds is 1. The van der Waals surface area contributed by atoms with Crippen molar-refractivity contribution in [1.29, 1.82) is 0 Å². The maximum atomic E-state index is 5.92. The Bertz CT molecular complexity index is 281. The third-order valence-corrected chi connectivity index (χ3v) is 2.32. The molecule has 0 aliphatic heterocycles. The highest BCUT2D eigenvalue weighted by Gasteiger charge is 2.42. The van der Waals surface area contributed by atoms with E-state index in [9.17, 15) is 0 Å². The van der Waals surface area contributed by atoms with Gasteiger partial charge < -0.3 is 5.73 Å². The number of hydrogen-bond donors (Lipinski definition) is 1. The predicted molar refractivity (Wildman–Crippen MR) is 44.3 cm³/mol. The van der Waals surface area contributed by atoms with E-state index in [1.807, 2.05) is 12.1 Å². The highest BCUT2D eigenvalue weighted by atomic mass is 35.5. The van der Waals surface area contributed by atoms with Gasteiger partial charge in [0.1, 0.15) is 0 Å². The first-order valence-corrected chi connectivity index (χ1v) is 4.00. The molecular formula is C8H9ClN2. The highest BCUT2D eigenvalue weighted by molar-refractivity contribution is 6.31. The summed E-state index contributed by atoms with van der Waals surface area (Å²) in [6, 6.07) is 3.65. The molecule has 0 spiro atoms. The molecule has 1 aromatic heterocycles. The Balaban J connectivity index is 2.45. The summed E-state index contributed by atoms with van der Waals surface area (Å²) in [6.45, 7) is 0. The van der Waals surface area contributed by atoms with Crippen molar-refractivity contribution in [2.45, 2.75) is 18.4 Å². The van der Waals surface area contributed by atoms with Gasteiger partial charge in [-0.15, -0.1) is 0 Å². The standard InChI is InChI=1S/C8H9ClN2/c9-6-2-1-5-11-7(6)8(10)3-4-8/h1-2,5H,3-4,10H2. The molecule has 2 rings (SSSR count). The van der Waals surface area contributed by atoms with Crippen LogP contribution >= 0.6 is 11.6 Å². The van der Waals surface area contributed by atoms with Crippen LogP contribution in [-0.2, 0) is 5.54 Å². The van der Waals surface area contributed by atoms with E-state index in [-0.39, 0.29) is 5.54 Å². The number of nitrogens with zero attached hydrogens (tertiary/aromatic N) is 1. The molecule has 0 radical (unpaired) electrons. The van der Waals surface area contributed by atoms with Crippen LogP contribution in [0.3, 0.4) is 0 Å². The van der Waals surface area contributed by atoms with E-state index in [0.717, 1.165) is 18.5 Å². The lowest BCUT2D eigenvalue weighted by Crippen LogP contribution is -2.20. The van der Waals surface area contributed by atoms with E-state index in [4.69, 9.17) is 17.3 Å². The van der Waals surface area contributed by atoms with Crippen molar-refractivity contribution < 1.29 is 0 Å². The molecule has 1 fully saturated rings. The van der Waals surface area contributed by atoms with Crippen LogP contribution in [0, 0.1) is 0 Å². The Labute approximate surface area is 70.4 Å². The third-order valence-electron chi connectivity index (χ3n) is 2.02. The van der Waals surface area contributed by atoms with Crippen molar-refractivity contribution in [1.82, 2.24) is 4.98 Å². The Hall–Kier alpha value is -0.600. The maximum Gasteiger partial charge on any atom is 0.0788 e. The average Bonchev–Trinajstić information content (AvgIpc) is 2.70. The molecule has 3 heteroatoms. The van der Waals surface area contributed by atoms with E-state index in [1.54, 1.807) is 6.20 Å². The molecule has 0 amide bonds. The Morgan fingerprint density at radius 3 is 2.82 bits per heavy atom. The lowest BCUT2D eigenvalue weighted by molar-refractivity contribution is 0.708. The maximum absolute atomic E-state index is 5.92. The van der Waals surface area contributed by atoms with Gasteiger partial charge in [0.25, 0.3) is 0 Å². The van der Waals surface area contributed by atoms with Crippen LogP contribution in [0.1, 0.15) is 18.5 Å². The van der Waals surface area contributed by atoms with Gasteiger partial charge >= 0.3 is 0 Å². The van der Waals surface area contributed by atoms with Gasteiger partial charge in [0.15, 0.2) is 0 Å². The zero-order chi connectivity index (χ0) is 7.90. The number of halogens is 1. The molecule has 11 heavy (non-hydrogen) atoms. The van der Waals surface area contributed by atoms with Crippen LogP contribution in [-0.4, -0.2) is 4.98 Å². The third kappa shape index (κ3) is 1.12. The van der Waals surface area contributed by atoms with Gasteiger partial charge in [-0.2, -0.15) is 0 Å². The molecule has 2 nitrogen and oxygen atoms in total. The molecule has 2 N–H and O–H groups in total. The summed E-state index contributed by atoms with van der Waals surface area (Å²) < 4.78 is 0. The van der Waals surface area contributed by atoms with Gasteiger partial charge in [-0.25, -0.2) is 0 Å². The van der Waals surface area contributed by atoms with Crippen LogP contribution in [0.4, 0.5) is 0 Å². The fraction of sp³-hybridized carbons (Fsp3) is 0.375. The van der Waals surface area contributed by atoms with Gasteiger partial charge in [0.2, 0.25) is 0 Å². The first-order chi connectivity index (χ1) is 5.22. The zero-order valence-corrected chi connectivity index (χ0v) is 6.80. The van der Waals surface area contributed by atoms with Crippen molar-refractivity contribution in [3.8, 4) is 0 Å². The topological polar surface area (TPSA) is 38.9 Å². The van der Waals surface area contributed by atoms with Gasteiger partial charge in [-0.3, -0.25) is 4.98 Å². The molecule has 0 unspecified atom stereocenters. The minimum absolute atomic E-state index is 0.210. The minimum Gasteiger partial charge on any atom is -0.320 e. The minimum atomic E-state index is -0.210. The van der Waals surface area contributed by atoms with E-state index in [0.29, 0.717) is 5.02 Å². The van der Waals surface area contributed by atoms with Crippen LogP contribution in [0.25, 0.3) is 0 Å². The smallest absolute Gasteiger partial charge is 0.0788 e. The van der Waals surface area contributed by atoms with Crippen molar-refractivity contribution >= 4 is 11.6 Å². The molecule has 1 saturated carbocycles. The predicted octanol–water partition coefficient (Wildman–Crippen LogP) is 1.68. The van der Waals surface area contributed by atoms with Crippen molar-refractivity contribution in [2.24, 2.45) is 5.73 Å². The summed E-state index contributed by atoms with van der Waals surface area (Å²) in [5.74, 6) is 0. The van der Waals surface area contributed by atoms with Crippen LogP contribution < -0.4 is 5.73 Å². The Morgan fingerprint density at radius 1 is 1.55 bits per heavy atom. The van der Waals surface area contributed by atoms with Crippen LogP contribution in [0.5, 0.6) is 0 Å². The second-order valence-corrected chi connectivity index (χ2v) is 3.40. The second kappa shape index (κ2) is 2.19. The Morgan fingerprint density at radius 2 is 2.27 bits per heavy atom. The zero-order valence-electron chi connectivity index (χ0n) is 6.05. The monoisotopic (exact) mass is 168 g/mol. The van der Waals surface area contributed by atoms with Crippen molar-refractivity contribution in [2.75, 3.05) is 0 Å². The van der Waals surface area contributed by atoms with Gasteiger partial charge in [-0.1, -0.05) is 11.6 Å². The van der Waals surface area contributed by atoms with Gasteiger partial charge in [0.05, 0.1) is 16.3 Å². The van der Waals surface area contributed by atoms with Gasteiger partial charge in [0, 0.05) is 6.20 Å². The van der Waals surface area contributed by atoms with Crippen molar-refractivity contribution in [3.63, 3.8) is 0 Å². The number of pyridine rings is 1. The molecule has 1 aliphatic rings. The molecule has 0 bridgehead atoms. The molecule has 0 atom stereocenters. The Kier molecular flexibility index (Phi) is 1.41. The van der Waals surface area contributed by atoms with E-state index >= 15 is 0 Å². The van der Waals surface area contributed by atoms with E-state index < -0.39 is 0 Å². The fourth-order valence-electron chi connectivity index (χ4n) is 1.12. The van der Waals surface area contributed by atoms with E-state index in [1.165, 1.54) is 0 Å². The SMILES string of the molecule is NC1(c2ncccc2Cl)CC1. The molecule has 1 heterocycles. The molecule has 1 aliphatic carbocycles. The summed E-state index contributed by atoms with van der Waals surface area (Å²) in [5, 5.41) is 0.688. The number of aromatic nitrogens is 1. The molecule has 0 saturated heterocycles. The lowest BCUT2D eigenvalue weighted by Gasteiger charge is -2.08. The lowest BCUT2D eigenvalue weighted by atomic mass is 10.2. The summed E-state index contributed by atoms with van der Waals surface area (Å²) >= 11 is 5.91. The van der Waals surface area contributed by atoms with Crippen LogP contribution in [0.15, 0.2) is 18.3 Å². The summed E-state index contributed by atoms with van der Waals surface area (Å²) in [5.41, 5.74) is 6.56. The quantitative estimate of drug-likeness (QED) is 0.693. The average molecular weight is 169 g/mol.